The Hall–Kier alpha value is -0.470. The highest BCUT2D eigenvalue weighted by atomic mass is 35.5. The second-order valence-electron chi connectivity index (χ2n) is 2.47. The molecule has 0 fully saturated rings. The zero-order valence-electron chi connectivity index (χ0n) is 7.67. The number of carbonyl (C=O) groups excluding carboxylic acids is 1. The van der Waals surface area contributed by atoms with Gasteiger partial charge in [0.1, 0.15) is 5.37 Å². The van der Waals surface area contributed by atoms with Crippen LogP contribution in [0, 0.1) is 0 Å². The molecule has 0 aliphatic rings. The Labute approximate surface area is 92.6 Å². The molecule has 0 radical (unpaired) electrons. The van der Waals surface area contributed by atoms with Crippen LogP contribution in [0.5, 0.6) is 0 Å². The van der Waals surface area contributed by atoms with E-state index in [1.54, 1.807) is 4.72 Å². The number of hydrogen-bond acceptors (Lipinski definition) is 5. The van der Waals surface area contributed by atoms with Gasteiger partial charge in [-0.2, -0.15) is 13.1 Å². The summed E-state index contributed by atoms with van der Waals surface area (Å²) in [5.74, 6) is -0.519. The summed E-state index contributed by atoms with van der Waals surface area (Å²) in [6.45, 7) is 1.11. The first-order valence-electron chi connectivity index (χ1n) is 3.64. The molecule has 15 heavy (non-hydrogen) atoms. The minimum absolute atomic E-state index is 0.147. The van der Waals surface area contributed by atoms with Gasteiger partial charge in [0.15, 0.2) is 9.84 Å². The molecule has 1 unspecified atom stereocenters. The Morgan fingerprint density at radius 1 is 1.40 bits per heavy atom. The van der Waals surface area contributed by atoms with Gasteiger partial charge in [0, 0.05) is 5.88 Å². The molecule has 1 atom stereocenters. The standard InChI is InChI=1S/C5H9ClN2O5S2/c1-5(14(10,11)3-2-6)8-15(12,13)7-4-9/h5,8H,2-3H2,1H3. The van der Waals surface area contributed by atoms with E-state index in [1.165, 1.54) is 0 Å². The topological polar surface area (TPSA) is 110 Å². The summed E-state index contributed by atoms with van der Waals surface area (Å²) in [7, 11) is -7.98. The number of rotatable bonds is 6. The highest BCUT2D eigenvalue weighted by molar-refractivity contribution is 7.94. The van der Waals surface area contributed by atoms with Gasteiger partial charge in [-0.15, -0.1) is 11.6 Å². The fraction of sp³-hybridized carbons (Fsp3) is 0.800. The highest BCUT2D eigenvalue weighted by Gasteiger charge is 2.24. The smallest absolute Gasteiger partial charge is 0.227 e. The van der Waals surface area contributed by atoms with Crippen molar-refractivity contribution >= 4 is 37.7 Å². The number of nitrogens with one attached hydrogen (secondary N) is 1. The molecule has 10 heteroatoms. The second-order valence-corrected chi connectivity index (χ2v) is 6.66. The summed E-state index contributed by atoms with van der Waals surface area (Å²) >= 11 is 5.22. The molecular formula is C5H9ClN2O5S2. The molecule has 0 saturated carbocycles. The van der Waals surface area contributed by atoms with E-state index in [0.29, 0.717) is 0 Å². The molecule has 0 heterocycles. The Kier molecular flexibility index (Phi) is 5.39. The maximum Gasteiger partial charge on any atom is 0.331 e. The maximum atomic E-state index is 11.3. The number of nitrogens with zero attached hydrogens (tertiary/aromatic N) is 1. The monoisotopic (exact) mass is 276 g/mol. The largest absolute Gasteiger partial charge is 0.331 e. The normalized spacial score (nSPS) is 14.3. The summed E-state index contributed by atoms with van der Waals surface area (Å²) in [5, 5.41) is -1.39. The highest BCUT2D eigenvalue weighted by Crippen LogP contribution is 2.02. The van der Waals surface area contributed by atoms with E-state index in [0.717, 1.165) is 13.0 Å². The van der Waals surface area contributed by atoms with E-state index in [2.05, 4.69) is 4.40 Å². The van der Waals surface area contributed by atoms with E-state index in [-0.39, 0.29) is 11.6 Å². The van der Waals surface area contributed by atoms with E-state index in [4.69, 9.17) is 11.6 Å². The predicted octanol–water partition coefficient (Wildman–Crippen LogP) is -0.844. The minimum Gasteiger partial charge on any atom is -0.227 e. The summed E-state index contributed by atoms with van der Waals surface area (Å²) in [6, 6.07) is 0. The predicted molar refractivity (Wildman–Crippen MR) is 54.1 cm³/mol. The van der Waals surface area contributed by atoms with Crippen LogP contribution in [-0.2, 0) is 24.8 Å². The Morgan fingerprint density at radius 2 is 1.93 bits per heavy atom. The third kappa shape index (κ3) is 5.24. The van der Waals surface area contributed by atoms with Gasteiger partial charge in [0.25, 0.3) is 6.08 Å². The van der Waals surface area contributed by atoms with E-state index in [1.807, 2.05) is 0 Å². The second kappa shape index (κ2) is 5.57. The Bertz CT molecular complexity index is 450. The maximum absolute atomic E-state index is 11.3. The average Bonchev–Trinajstić information content (AvgIpc) is 2.02. The molecule has 0 spiro atoms. The van der Waals surface area contributed by atoms with Crippen molar-refractivity contribution in [2.45, 2.75) is 12.3 Å². The lowest BCUT2D eigenvalue weighted by Crippen LogP contribution is -2.38. The number of halogens is 1. The van der Waals surface area contributed by atoms with Crippen LogP contribution in [0.15, 0.2) is 4.40 Å². The SMILES string of the molecule is CC(NS(=O)(=O)N=C=O)S(=O)(=O)CCCl. The van der Waals surface area contributed by atoms with Gasteiger partial charge in [-0.1, -0.05) is 4.40 Å². The van der Waals surface area contributed by atoms with Crippen molar-refractivity contribution in [2.24, 2.45) is 4.40 Å². The van der Waals surface area contributed by atoms with E-state index < -0.39 is 25.4 Å². The first-order valence-corrected chi connectivity index (χ1v) is 7.33. The first kappa shape index (κ1) is 14.5. The minimum atomic E-state index is -4.30. The van der Waals surface area contributed by atoms with Gasteiger partial charge in [-0.3, -0.25) is 0 Å². The van der Waals surface area contributed by atoms with Crippen LogP contribution in [0.2, 0.25) is 0 Å². The molecule has 0 aliphatic carbocycles. The molecule has 0 aromatic rings. The van der Waals surface area contributed by atoms with Crippen LogP contribution in [-0.4, -0.2) is 39.9 Å². The van der Waals surface area contributed by atoms with Gasteiger partial charge < -0.3 is 0 Å². The van der Waals surface area contributed by atoms with Crippen molar-refractivity contribution in [1.29, 1.82) is 0 Å². The Balaban J connectivity index is 4.79. The molecule has 0 bridgehead atoms. The lowest BCUT2D eigenvalue weighted by Gasteiger charge is -2.10. The third-order valence-corrected chi connectivity index (χ3v) is 4.87. The number of hydrogen-bond donors (Lipinski definition) is 1. The molecular weight excluding hydrogens is 268 g/mol. The molecule has 0 saturated heterocycles. The van der Waals surface area contributed by atoms with Crippen molar-refractivity contribution in [3.63, 3.8) is 0 Å². The number of sulfone groups is 1. The summed E-state index contributed by atoms with van der Waals surface area (Å²) in [5.41, 5.74) is 0. The zero-order valence-corrected chi connectivity index (χ0v) is 10.1. The molecule has 0 aromatic carbocycles. The molecule has 0 rings (SSSR count). The summed E-state index contributed by atoms with van der Waals surface area (Å²) < 4.78 is 48.3. The van der Waals surface area contributed by atoms with Gasteiger partial charge in [0.05, 0.1) is 5.75 Å². The van der Waals surface area contributed by atoms with E-state index >= 15 is 0 Å². The zero-order chi connectivity index (χ0) is 12.1. The van der Waals surface area contributed by atoms with Crippen molar-refractivity contribution in [1.82, 2.24) is 4.72 Å². The Morgan fingerprint density at radius 3 is 2.33 bits per heavy atom. The first-order chi connectivity index (χ1) is 6.75. The quantitative estimate of drug-likeness (QED) is 0.386. The van der Waals surface area contributed by atoms with Crippen LogP contribution < -0.4 is 4.72 Å². The van der Waals surface area contributed by atoms with Crippen LogP contribution in [0.4, 0.5) is 0 Å². The fourth-order valence-electron chi connectivity index (χ4n) is 0.643. The lowest BCUT2D eigenvalue weighted by atomic mass is 10.8. The molecule has 7 nitrogen and oxygen atoms in total. The van der Waals surface area contributed by atoms with Gasteiger partial charge in [-0.25, -0.2) is 13.2 Å². The van der Waals surface area contributed by atoms with Gasteiger partial charge in [-0.05, 0) is 6.92 Å². The lowest BCUT2D eigenvalue weighted by molar-refractivity contribution is 0.555. The van der Waals surface area contributed by atoms with Crippen LogP contribution >= 0.6 is 11.6 Å². The van der Waals surface area contributed by atoms with Crippen LogP contribution in [0.1, 0.15) is 6.92 Å². The van der Waals surface area contributed by atoms with Crippen molar-refractivity contribution in [3.8, 4) is 0 Å². The van der Waals surface area contributed by atoms with Crippen molar-refractivity contribution < 1.29 is 21.6 Å². The molecule has 1 N–H and O–H groups in total. The molecule has 88 valence electrons. The van der Waals surface area contributed by atoms with E-state index in [9.17, 15) is 21.6 Å². The van der Waals surface area contributed by atoms with Crippen LogP contribution in [0.25, 0.3) is 0 Å². The van der Waals surface area contributed by atoms with Crippen molar-refractivity contribution in [2.75, 3.05) is 11.6 Å². The number of isocyanates is 1. The van der Waals surface area contributed by atoms with Crippen molar-refractivity contribution in [3.05, 3.63) is 0 Å². The molecule has 0 amide bonds. The molecule has 0 aliphatic heterocycles. The number of alkyl halides is 1. The summed E-state index contributed by atoms with van der Waals surface area (Å²) in [4.78, 5) is 9.70. The van der Waals surface area contributed by atoms with Crippen LogP contribution in [0.3, 0.4) is 0 Å². The third-order valence-electron chi connectivity index (χ3n) is 1.37. The fourth-order valence-corrected chi connectivity index (χ4v) is 3.38. The molecule has 0 aromatic heterocycles. The summed E-state index contributed by atoms with van der Waals surface area (Å²) in [6.07, 6.45) is 0.800. The van der Waals surface area contributed by atoms with Gasteiger partial charge in [0.2, 0.25) is 0 Å². The average molecular weight is 277 g/mol. The van der Waals surface area contributed by atoms with Gasteiger partial charge >= 0.3 is 10.2 Å².